The molecule has 0 aromatic heterocycles. The number of carbonyl (C=O) groups is 1. The summed E-state index contributed by atoms with van der Waals surface area (Å²) in [4.78, 5) is 12.0. The van der Waals surface area contributed by atoms with Gasteiger partial charge in [0.1, 0.15) is 12.4 Å². The lowest BCUT2D eigenvalue weighted by Gasteiger charge is -2.29. The summed E-state index contributed by atoms with van der Waals surface area (Å²) in [6.07, 6.45) is 0. The van der Waals surface area contributed by atoms with Gasteiger partial charge in [-0.2, -0.15) is 0 Å². The molecule has 0 bridgehead atoms. The van der Waals surface area contributed by atoms with E-state index in [1.165, 1.54) is 6.61 Å². The third kappa shape index (κ3) is 4.02. The summed E-state index contributed by atoms with van der Waals surface area (Å²) in [6.45, 7) is 17.3. The molecule has 1 rings (SSSR count). The van der Waals surface area contributed by atoms with E-state index in [4.69, 9.17) is 4.74 Å². The summed E-state index contributed by atoms with van der Waals surface area (Å²) >= 11 is 0. The first kappa shape index (κ1) is 18.5. The standard InChI is InChI=1S/C19H29O3/c1-9-22-17(21)12(2)13-10-14(18(3,4)5)16(20)15(11-13)19(6,7)8/h9-12,20H,1-8H3. The van der Waals surface area contributed by atoms with Crippen LogP contribution in [0.5, 0.6) is 5.75 Å². The molecule has 0 aliphatic rings. The van der Waals surface area contributed by atoms with Crippen LogP contribution in [0.15, 0.2) is 12.1 Å². The first-order valence-corrected chi connectivity index (χ1v) is 7.75. The van der Waals surface area contributed by atoms with Crippen molar-refractivity contribution in [1.82, 2.24) is 0 Å². The molecule has 1 N–H and O–H groups in total. The zero-order chi connectivity index (χ0) is 17.3. The fourth-order valence-electron chi connectivity index (χ4n) is 2.40. The largest absolute Gasteiger partial charge is 0.507 e. The van der Waals surface area contributed by atoms with Crippen LogP contribution in [0.1, 0.15) is 78.0 Å². The lowest BCUT2D eigenvalue weighted by Crippen LogP contribution is -2.20. The van der Waals surface area contributed by atoms with Crippen molar-refractivity contribution in [2.24, 2.45) is 0 Å². The van der Waals surface area contributed by atoms with Crippen LogP contribution < -0.4 is 0 Å². The Morgan fingerprint density at radius 1 is 1.09 bits per heavy atom. The normalized spacial score (nSPS) is 13.8. The number of rotatable bonds is 3. The highest BCUT2D eigenvalue weighted by molar-refractivity contribution is 5.78. The van der Waals surface area contributed by atoms with Crippen LogP contribution in [0, 0.1) is 6.61 Å². The highest BCUT2D eigenvalue weighted by Crippen LogP contribution is 2.41. The van der Waals surface area contributed by atoms with Crippen LogP contribution in [-0.2, 0) is 20.4 Å². The second kappa shape index (κ2) is 6.31. The zero-order valence-corrected chi connectivity index (χ0v) is 15.1. The molecule has 0 aliphatic carbocycles. The number of benzene rings is 1. The van der Waals surface area contributed by atoms with Crippen molar-refractivity contribution in [1.29, 1.82) is 0 Å². The number of phenols is 1. The second-order valence-corrected chi connectivity index (χ2v) is 7.86. The number of phenolic OH excluding ortho intramolecular Hbond substituents is 1. The topological polar surface area (TPSA) is 46.5 Å². The zero-order valence-electron chi connectivity index (χ0n) is 15.1. The number of ether oxygens (including phenoxy) is 1. The van der Waals surface area contributed by atoms with E-state index in [1.54, 1.807) is 6.92 Å². The molecule has 0 aliphatic heterocycles. The molecule has 22 heavy (non-hydrogen) atoms. The van der Waals surface area contributed by atoms with Crippen LogP contribution in [0.2, 0.25) is 0 Å². The monoisotopic (exact) mass is 305 g/mol. The average Bonchev–Trinajstić information content (AvgIpc) is 2.35. The molecule has 3 heteroatoms. The molecule has 123 valence electrons. The Kier molecular flexibility index (Phi) is 5.32. The number of aromatic hydroxyl groups is 1. The van der Waals surface area contributed by atoms with Crippen molar-refractivity contribution in [2.75, 3.05) is 0 Å². The summed E-state index contributed by atoms with van der Waals surface area (Å²) in [5.74, 6) is -0.335. The maximum atomic E-state index is 12.0. The van der Waals surface area contributed by atoms with Crippen molar-refractivity contribution in [3.05, 3.63) is 35.4 Å². The molecule has 1 aromatic carbocycles. The van der Waals surface area contributed by atoms with Gasteiger partial charge in [0.25, 0.3) is 0 Å². The highest BCUT2D eigenvalue weighted by Gasteiger charge is 2.29. The lowest BCUT2D eigenvalue weighted by molar-refractivity contribution is -0.141. The fourth-order valence-corrected chi connectivity index (χ4v) is 2.40. The van der Waals surface area contributed by atoms with E-state index in [1.807, 2.05) is 19.1 Å². The molecular weight excluding hydrogens is 276 g/mol. The predicted molar refractivity (Wildman–Crippen MR) is 90.0 cm³/mol. The van der Waals surface area contributed by atoms with E-state index in [0.717, 1.165) is 16.7 Å². The minimum absolute atomic E-state index is 0.208. The van der Waals surface area contributed by atoms with Gasteiger partial charge in [0, 0.05) is 0 Å². The van der Waals surface area contributed by atoms with Crippen molar-refractivity contribution >= 4 is 5.97 Å². The van der Waals surface area contributed by atoms with Gasteiger partial charge in [-0.25, -0.2) is 0 Å². The molecule has 0 spiro atoms. The molecule has 0 amide bonds. The van der Waals surface area contributed by atoms with Crippen LogP contribution in [0.4, 0.5) is 0 Å². The average molecular weight is 305 g/mol. The van der Waals surface area contributed by atoms with Crippen LogP contribution in [0.25, 0.3) is 0 Å². The molecule has 0 heterocycles. The fraction of sp³-hybridized carbons (Fsp3) is 0.579. The van der Waals surface area contributed by atoms with Crippen LogP contribution in [0.3, 0.4) is 0 Å². The Balaban J connectivity index is 3.51. The van der Waals surface area contributed by atoms with Gasteiger partial charge in [-0.1, -0.05) is 53.7 Å². The van der Waals surface area contributed by atoms with Gasteiger partial charge in [0.2, 0.25) is 0 Å². The third-order valence-electron chi connectivity index (χ3n) is 3.84. The molecule has 0 saturated carbocycles. The predicted octanol–water partition coefficient (Wildman–Crippen LogP) is 4.82. The summed E-state index contributed by atoms with van der Waals surface area (Å²) < 4.78 is 5.01. The van der Waals surface area contributed by atoms with E-state index >= 15 is 0 Å². The molecule has 0 saturated heterocycles. The number of hydrogen-bond acceptors (Lipinski definition) is 3. The maximum absolute atomic E-state index is 12.0. The van der Waals surface area contributed by atoms with Gasteiger partial charge >= 0.3 is 5.97 Å². The first-order valence-electron chi connectivity index (χ1n) is 7.75. The smallest absolute Gasteiger partial charge is 0.313 e. The van der Waals surface area contributed by atoms with E-state index in [-0.39, 0.29) is 22.7 Å². The number of esters is 1. The second-order valence-electron chi connectivity index (χ2n) is 7.86. The van der Waals surface area contributed by atoms with Gasteiger partial charge in [-0.05, 0) is 41.4 Å². The molecule has 1 atom stereocenters. The van der Waals surface area contributed by atoms with E-state index in [9.17, 15) is 9.90 Å². The maximum Gasteiger partial charge on any atom is 0.313 e. The van der Waals surface area contributed by atoms with E-state index in [2.05, 4.69) is 41.5 Å². The molecule has 1 unspecified atom stereocenters. The molecular formula is C19H29O3. The summed E-state index contributed by atoms with van der Waals surface area (Å²) in [5, 5.41) is 10.7. The SMILES string of the molecule is C[CH]OC(=O)C(C)c1cc(C(C)(C)C)c(O)c(C(C)(C)C)c1. The van der Waals surface area contributed by atoms with Crippen LogP contribution >= 0.6 is 0 Å². The molecule has 1 aromatic rings. The third-order valence-corrected chi connectivity index (χ3v) is 3.84. The van der Waals surface area contributed by atoms with E-state index < -0.39 is 0 Å². The Hall–Kier alpha value is -1.51. The van der Waals surface area contributed by atoms with Crippen molar-refractivity contribution in [2.45, 2.75) is 72.1 Å². The summed E-state index contributed by atoms with van der Waals surface area (Å²) in [7, 11) is 0. The Morgan fingerprint density at radius 2 is 1.50 bits per heavy atom. The van der Waals surface area contributed by atoms with Crippen molar-refractivity contribution < 1.29 is 14.6 Å². The quantitative estimate of drug-likeness (QED) is 0.815. The Labute approximate surface area is 134 Å². The Morgan fingerprint density at radius 3 is 1.82 bits per heavy atom. The Bertz CT molecular complexity index is 510. The van der Waals surface area contributed by atoms with Gasteiger partial charge in [0.05, 0.1) is 5.92 Å². The van der Waals surface area contributed by atoms with Gasteiger partial charge in [0.15, 0.2) is 0 Å². The van der Waals surface area contributed by atoms with Gasteiger partial charge in [-0.3, -0.25) is 4.79 Å². The minimum atomic E-state index is -0.376. The summed E-state index contributed by atoms with van der Waals surface area (Å²) in [5.41, 5.74) is 2.17. The van der Waals surface area contributed by atoms with Crippen molar-refractivity contribution in [3.8, 4) is 5.75 Å². The molecule has 1 radical (unpaired) electrons. The van der Waals surface area contributed by atoms with Gasteiger partial charge < -0.3 is 9.84 Å². The minimum Gasteiger partial charge on any atom is -0.507 e. The summed E-state index contributed by atoms with van der Waals surface area (Å²) in [6, 6.07) is 3.85. The lowest BCUT2D eigenvalue weighted by atomic mass is 9.77. The van der Waals surface area contributed by atoms with Gasteiger partial charge in [-0.15, -0.1) is 0 Å². The number of carbonyl (C=O) groups excluding carboxylic acids is 1. The van der Waals surface area contributed by atoms with Crippen molar-refractivity contribution in [3.63, 3.8) is 0 Å². The highest BCUT2D eigenvalue weighted by atomic mass is 16.5. The molecule has 0 fully saturated rings. The number of hydrogen-bond donors (Lipinski definition) is 1. The van der Waals surface area contributed by atoms with E-state index in [0.29, 0.717) is 5.75 Å². The first-order chi connectivity index (χ1) is 9.89. The van der Waals surface area contributed by atoms with Crippen LogP contribution in [-0.4, -0.2) is 11.1 Å². The molecule has 3 nitrogen and oxygen atoms in total.